The Hall–Kier alpha value is -2.94. The van der Waals surface area contributed by atoms with Crippen LogP contribution in [0.2, 0.25) is 5.02 Å². The molecule has 2 aromatic heterocycles. The van der Waals surface area contributed by atoms with Gasteiger partial charge < -0.3 is 4.42 Å². The fourth-order valence-corrected chi connectivity index (χ4v) is 2.52. The van der Waals surface area contributed by atoms with Crippen LogP contribution in [0.5, 0.6) is 0 Å². The van der Waals surface area contributed by atoms with Crippen LogP contribution in [0.25, 0.3) is 11.1 Å². The highest BCUT2D eigenvalue weighted by atomic mass is 35.5. The standard InChI is InChI=1S/C14H12ClN5O4/c1-7-13(20(22)23)8(2)19(18-7)6-12(21)17-14-16-10-5-9(15)3-4-11(10)24-14/h3-5H,6H2,1-2H3,(H,16,17,21). The van der Waals surface area contributed by atoms with E-state index in [9.17, 15) is 14.9 Å². The van der Waals surface area contributed by atoms with E-state index in [2.05, 4.69) is 15.4 Å². The molecular weight excluding hydrogens is 338 g/mol. The number of nitrogens with zero attached hydrogens (tertiary/aromatic N) is 4. The predicted molar refractivity (Wildman–Crippen MR) is 86.0 cm³/mol. The Kier molecular flexibility index (Phi) is 3.94. The smallest absolute Gasteiger partial charge is 0.312 e. The maximum Gasteiger partial charge on any atom is 0.312 e. The van der Waals surface area contributed by atoms with E-state index >= 15 is 0 Å². The lowest BCUT2D eigenvalue weighted by molar-refractivity contribution is -0.386. The third-order valence-electron chi connectivity index (χ3n) is 3.42. The molecule has 0 aliphatic rings. The molecule has 2 heterocycles. The molecule has 0 aliphatic heterocycles. The van der Waals surface area contributed by atoms with Gasteiger partial charge in [0, 0.05) is 5.02 Å². The zero-order valence-corrected chi connectivity index (χ0v) is 13.5. The first-order valence-corrected chi connectivity index (χ1v) is 7.27. The summed E-state index contributed by atoms with van der Waals surface area (Å²) in [5.74, 6) is -0.465. The highest BCUT2D eigenvalue weighted by molar-refractivity contribution is 6.31. The second-order valence-electron chi connectivity index (χ2n) is 5.11. The van der Waals surface area contributed by atoms with E-state index in [1.165, 1.54) is 18.5 Å². The largest absolute Gasteiger partial charge is 0.423 e. The Morgan fingerprint density at radius 3 is 2.88 bits per heavy atom. The van der Waals surface area contributed by atoms with Crippen LogP contribution in [0.4, 0.5) is 11.7 Å². The van der Waals surface area contributed by atoms with Gasteiger partial charge in [-0.2, -0.15) is 10.1 Å². The number of fused-ring (bicyclic) bond motifs is 1. The predicted octanol–water partition coefficient (Wildman–Crippen LogP) is 2.84. The summed E-state index contributed by atoms with van der Waals surface area (Å²) in [4.78, 5) is 26.7. The van der Waals surface area contributed by atoms with Crippen molar-refractivity contribution in [3.63, 3.8) is 0 Å². The van der Waals surface area contributed by atoms with Crippen molar-refractivity contribution in [2.75, 3.05) is 5.32 Å². The first kappa shape index (κ1) is 15.9. The second-order valence-corrected chi connectivity index (χ2v) is 5.55. The molecule has 3 rings (SSSR count). The van der Waals surface area contributed by atoms with Gasteiger partial charge in [-0.25, -0.2) is 0 Å². The van der Waals surface area contributed by atoms with Crippen LogP contribution in [-0.2, 0) is 11.3 Å². The molecule has 9 nitrogen and oxygen atoms in total. The summed E-state index contributed by atoms with van der Waals surface area (Å²) < 4.78 is 6.66. The van der Waals surface area contributed by atoms with Gasteiger partial charge in [-0.15, -0.1) is 0 Å². The zero-order valence-electron chi connectivity index (χ0n) is 12.7. The summed E-state index contributed by atoms with van der Waals surface area (Å²) in [6.45, 7) is 2.86. The maximum absolute atomic E-state index is 12.1. The van der Waals surface area contributed by atoms with E-state index in [4.69, 9.17) is 16.0 Å². The van der Waals surface area contributed by atoms with Crippen LogP contribution in [0.1, 0.15) is 11.4 Å². The molecule has 0 saturated heterocycles. The fourth-order valence-electron chi connectivity index (χ4n) is 2.35. The van der Waals surface area contributed by atoms with Crippen molar-refractivity contribution in [3.8, 4) is 0 Å². The van der Waals surface area contributed by atoms with Crippen LogP contribution in [-0.4, -0.2) is 25.6 Å². The molecule has 0 aliphatic carbocycles. The Bertz CT molecular complexity index is 962. The molecule has 1 amide bonds. The van der Waals surface area contributed by atoms with E-state index in [0.717, 1.165) is 0 Å². The topological polar surface area (TPSA) is 116 Å². The van der Waals surface area contributed by atoms with E-state index < -0.39 is 10.8 Å². The van der Waals surface area contributed by atoms with E-state index in [-0.39, 0.29) is 23.9 Å². The Morgan fingerprint density at radius 1 is 1.46 bits per heavy atom. The molecule has 0 radical (unpaired) electrons. The van der Waals surface area contributed by atoms with E-state index in [0.29, 0.717) is 21.8 Å². The number of aromatic nitrogens is 3. The normalized spacial score (nSPS) is 11.0. The number of aryl methyl sites for hydroxylation is 1. The summed E-state index contributed by atoms with van der Waals surface area (Å²) in [7, 11) is 0. The van der Waals surface area contributed by atoms with Crippen molar-refractivity contribution >= 4 is 40.3 Å². The minimum Gasteiger partial charge on any atom is -0.423 e. The number of benzene rings is 1. The Labute approximate surface area is 140 Å². The van der Waals surface area contributed by atoms with Crippen molar-refractivity contribution in [2.24, 2.45) is 0 Å². The first-order valence-electron chi connectivity index (χ1n) is 6.89. The molecule has 3 aromatic rings. The first-order chi connectivity index (χ1) is 11.3. The fraction of sp³-hybridized carbons (Fsp3) is 0.214. The van der Waals surface area contributed by atoms with Gasteiger partial charge in [0.15, 0.2) is 5.58 Å². The van der Waals surface area contributed by atoms with Crippen LogP contribution >= 0.6 is 11.6 Å². The van der Waals surface area contributed by atoms with Crippen molar-refractivity contribution in [1.29, 1.82) is 0 Å². The van der Waals surface area contributed by atoms with Crippen molar-refractivity contribution in [3.05, 3.63) is 44.7 Å². The summed E-state index contributed by atoms with van der Waals surface area (Å²) in [5.41, 5.74) is 1.45. The van der Waals surface area contributed by atoms with Gasteiger partial charge in [0.05, 0.1) is 4.92 Å². The number of amides is 1. The lowest BCUT2D eigenvalue weighted by atomic mass is 10.3. The number of rotatable bonds is 4. The van der Waals surface area contributed by atoms with Crippen molar-refractivity contribution in [1.82, 2.24) is 14.8 Å². The van der Waals surface area contributed by atoms with Crippen LogP contribution in [0.3, 0.4) is 0 Å². The molecular formula is C14H12ClN5O4. The minimum atomic E-state index is -0.517. The van der Waals surface area contributed by atoms with E-state index in [1.807, 2.05) is 0 Å². The third kappa shape index (κ3) is 2.93. The summed E-state index contributed by atoms with van der Waals surface area (Å²) >= 11 is 5.87. The maximum atomic E-state index is 12.1. The molecule has 124 valence electrons. The number of anilines is 1. The number of hydrogen-bond acceptors (Lipinski definition) is 6. The number of carbonyl (C=O) groups excluding carboxylic acids is 1. The van der Waals surface area contributed by atoms with Gasteiger partial charge in [0.25, 0.3) is 0 Å². The average molecular weight is 350 g/mol. The Morgan fingerprint density at radius 2 is 2.21 bits per heavy atom. The molecule has 1 aromatic carbocycles. The zero-order chi connectivity index (χ0) is 17.4. The number of nitro groups is 1. The van der Waals surface area contributed by atoms with Gasteiger partial charge in [0.2, 0.25) is 5.91 Å². The van der Waals surface area contributed by atoms with Crippen LogP contribution in [0.15, 0.2) is 22.6 Å². The second kappa shape index (κ2) is 5.93. The number of carbonyl (C=O) groups is 1. The SMILES string of the molecule is Cc1nn(CC(=O)Nc2nc3cc(Cl)ccc3o2)c(C)c1[N+](=O)[O-]. The number of halogens is 1. The highest BCUT2D eigenvalue weighted by Gasteiger charge is 2.23. The Balaban J connectivity index is 1.78. The van der Waals surface area contributed by atoms with Gasteiger partial charge in [0.1, 0.15) is 23.4 Å². The number of oxazole rings is 1. The lowest BCUT2D eigenvalue weighted by Crippen LogP contribution is -2.20. The molecule has 0 spiro atoms. The highest BCUT2D eigenvalue weighted by Crippen LogP contribution is 2.23. The third-order valence-corrected chi connectivity index (χ3v) is 3.65. The van der Waals surface area contributed by atoms with E-state index in [1.54, 1.807) is 18.2 Å². The summed E-state index contributed by atoms with van der Waals surface area (Å²) in [5, 5.41) is 18.0. The summed E-state index contributed by atoms with van der Waals surface area (Å²) in [6.07, 6.45) is 0. The van der Waals surface area contributed by atoms with Crippen LogP contribution < -0.4 is 5.32 Å². The number of hydrogen-bond donors (Lipinski definition) is 1. The molecule has 24 heavy (non-hydrogen) atoms. The molecule has 0 atom stereocenters. The summed E-state index contributed by atoms with van der Waals surface area (Å²) in [6, 6.07) is 4.93. The van der Waals surface area contributed by atoms with Gasteiger partial charge in [-0.3, -0.25) is 24.9 Å². The van der Waals surface area contributed by atoms with Crippen molar-refractivity contribution < 1.29 is 14.1 Å². The molecule has 0 bridgehead atoms. The van der Waals surface area contributed by atoms with Gasteiger partial charge >= 0.3 is 11.7 Å². The van der Waals surface area contributed by atoms with Gasteiger partial charge in [-0.05, 0) is 32.0 Å². The molecule has 0 fully saturated rings. The monoisotopic (exact) mass is 349 g/mol. The van der Waals surface area contributed by atoms with Gasteiger partial charge in [-0.1, -0.05) is 11.6 Å². The molecule has 0 saturated carbocycles. The molecule has 10 heteroatoms. The lowest BCUT2D eigenvalue weighted by Gasteiger charge is -2.02. The van der Waals surface area contributed by atoms with Crippen LogP contribution in [0, 0.1) is 24.0 Å². The molecule has 1 N–H and O–H groups in total. The van der Waals surface area contributed by atoms with Crippen molar-refractivity contribution in [2.45, 2.75) is 20.4 Å². The number of nitrogens with one attached hydrogen (secondary N) is 1. The quantitative estimate of drug-likeness (QED) is 0.571. The minimum absolute atomic E-state index is 0.0216. The molecule has 0 unspecified atom stereocenters. The average Bonchev–Trinajstić information content (AvgIpc) is 2.98.